The fourth-order valence-electron chi connectivity index (χ4n) is 4.91. The highest BCUT2D eigenvalue weighted by molar-refractivity contribution is 7.90. The summed E-state index contributed by atoms with van der Waals surface area (Å²) in [5.74, 6) is -1.94. The van der Waals surface area contributed by atoms with Gasteiger partial charge in [0.2, 0.25) is 11.5 Å². The zero-order chi connectivity index (χ0) is 34.2. The molecule has 1 amide bonds. The number of anilines is 1. The number of rotatable bonds is 16. The van der Waals surface area contributed by atoms with Crippen molar-refractivity contribution >= 4 is 54.3 Å². The highest BCUT2D eigenvalue weighted by Crippen LogP contribution is 2.32. The van der Waals surface area contributed by atoms with Gasteiger partial charge in [0.15, 0.2) is 0 Å². The molecule has 1 aliphatic rings. The van der Waals surface area contributed by atoms with Crippen LogP contribution >= 0.6 is 11.6 Å². The minimum Gasteiger partial charge on any atom is -0.506 e. The molecule has 258 valence electrons. The first-order chi connectivity index (χ1) is 22.3. The molecule has 0 unspecified atom stereocenters. The molecular formula is C29H37ClN4O11S2. The first-order valence-corrected chi connectivity index (χ1v) is 18.2. The summed E-state index contributed by atoms with van der Waals surface area (Å²) in [6, 6.07) is 8.82. The van der Waals surface area contributed by atoms with Crippen molar-refractivity contribution in [2.75, 3.05) is 50.2 Å². The number of amides is 1. The van der Waals surface area contributed by atoms with Crippen LogP contribution in [0.3, 0.4) is 0 Å². The van der Waals surface area contributed by atoms with Crippen LogP contribution in [0.2, 0.25) is 5.02 Å². The maximum absolute atomic E-state index is 12.5. The number of hydrogen-bond acceptors (Lipinski definition) is 13. The molecule has 6 N–H and O–H groups in total. The molecule has 2 heterocycles. The molecule has 0 aliphatic carbocycles. The van der Waals surface area contributed by atoms with Gasteiger partial charge in [-0.05, 0) is 49.7 Å². The van der Waals surface area contributed by atoms with Crippen LogP contribution in [0.25, 0.3) is 10.9 Å². The smallest absolute Gasteiger partial charge is 0.268 e. The highest BCUT2D eigenvalue weighted by Gasteiger charge is 2.25. The van der Waals surface area contributed by atoms with E-state index < -0.39 is 56.5 Å². The largest absolute Gasteiger partial charge is 0.506 e. The SMILES string of the molecule is COc1cc(NC(=O)CCOS(=O)(=O)CCS(=O)(=O)OC2CCNCC2)c(Cl)cc1CNC[C@H](O)c1ccc(O)c2[nH]c(=O)ccc12. The van der Waals surface area contributed by atoms with Gasteiger partial charge in [-0.1, -0.05) is 17.7 Å². The van der Waals surface area contributed by atoms with Crippen LogP contribution in [-0.2, 0) is 39.9 Å². The van der Waals surface area contributed by atoms with Crippen molar-refractivity contribution in [1.29, 1.82) is 0 Å². The number of pyridine rings is 1. The Kier molecular flexibility index (Phi) is 12.6. The minimum absolute atomic E-state index is 0.0956. The lowest BCUT2D eigenvalue weighted by Gasteiger charge is -2.22. The number of aromatic amines is 1. The first-order valence-electron chi connectivity index (χ1n) is 14.7. The molecule has 0 bridgehead atoms. The molecule has 4 rings (SSSR count). The molecule has 0 radical (unpaired) electrons. The van der Waals surface area contributed by atoms with Crippen LogP contribution in [0.1, 0.15) is 36.5 Å². The second-order valence-electron chi connectivity index (χ2n) is 10.8. The van der Waals surface area contributed by atoms with E-state index in [9.17, 15) is 36.6 Å². The molecular weight excluding hydrogens is 680 g/mol. The second kappa shape index (κ2) is 16.2. The summed E-state index contributed by atoms with van der Waals surface area (Å²) in [6.45, 7) is 1.01. The highest BCUT2D eigenvalue weighted by atomic mass is 35.5. The number of aliphatic hydroxyl groups excluding tert-OH is 1. The van der Waals surface area contributed by atoms with E-state index in [0.29, 0.717) is 48.2 Å². The molecule has 1 aromatic heterocycles. The van der Waals surface area contributed by atoms with Crippen LogP contribution in [0, 0.1) is 0 Å². The van der Waals surface area contributed by atoms with E-state index in [2.05, 4.69) is 20.9 Å². The quantitative estimate of drug-likeness (QED) is 0.116. The Morgan fingerprint density at radius 1 is 1.09 bits per heavy atom. The number of carbonyl (C=O) groups is 1. The van der Waals surface area contributed by atoms with E-state index in [1.54, 1.807) is 12.1 Å². The monoisotopic (exact) mass is 716 g/mol. The van der Waals surface area contributed by atoms with Crippen molar-refractivity contribution in [2.24, 2.45) is 0 Å². The van der Waals surface area contributed by atoms with Crippen molar-refractivity contribution in [1.82, 2.24) is 15.6 Å². The fourth-order valence-corrected chi connectivity index (χ4v) is 7.93. The Morgan fingerprint density at radius 3 is 2.53 bits per heavy atom. The Morgan fingerprint density at radius 2 is 1.81 bits per heavy atom. The van der Waals surface area contributed by atoms with E-state index in [0.717, 1.165) is 0 Å². The Bertz CT molecular complexity index is 1850. The van der Waals surface area contributed by atoms with Crippen molar-refractivity contribution < 1.29 is 44.9 Å². The lowest BCUT2D eigenvalue weighted by Crippen LogP contribution is -2.35. The minimum atomic E-state index is -4.24. The third-order valence-electron chi connectivity index (χ3n) is 7.31. The molecule has 2 aromatic carbocycles. The number of phenolic OH excluding ortho intramolecular Hbond substituents is 1. The molecule has 47 heavy (non-hydrogen) atoms. The number of halogens is 1. The Balaban J connectivity index is 1.26. The summed E-state index contributed by atoms with van der Waals surface area (Å²) in [7, 11) is -6.89. The number of benzene rings is 2. The standard InChI is InChI=1S/C29H37ClN4O11S2/c1-43-26-15-23(33-28(38)8-11-44-46(39,40)12-13-47(41,42)45-19-6-9-31-10-7-19)22(30)14-18(26)16-32-17-25(36)20-2-4-24(35)29-21(20)3-5-27(37)34-29/h2-5,14-15,19,25,31-32,35-36H,6-13,16-17H2,1H3,(H,33,38)(H,34,37)/t25-/m0/s1. The summed E-state index contributed by atoms with van der Waals surface area (Å²) in [5.41, 5.74) is 1.13. The topological polar surface area (TPSA) is 222 Å². The number of phenols is 1. The van der Waals surface area contributed by atoms with Crippen LogP contribution in [0.4, 0.5) is 5.69 Å². The van der Waals surface area contributed by atoms with Gasteiger partial charge in [-0.2, -0.15) is 16.8 Å². The van der Waals surface area contributed by atoms with Crippen molar-refractivity contribution in [3.8, 4) is 11.5 Å². The number of fused-ring (bicyclic) bond motifs is 1. The number of aliphatic hydroxyl groups is 1. The van der Waals surface area contributed by atoms with Crippen LogP contribution in [0.15, 0.2) is 41.2 Å². The maximum Gasteiger partial charge on any atom is 0.268 e. The molecule has 1 atom stereocenters. The van der Waals surface area contributed by atoms with E-state index in [-0.39, 0.29) is 47.0 Å². The summed E-state index contributed by atoms with van der Waals surface area (Å²) >= 11 is 6.39. The maximum atomic E-state index is 12.5. The van der Waals surface area contributed by atoms with Gasteiger partial charge in [-0.15, -0.1) is 0 Å². The third kappa shape index (κ3) is 10.6. The number of hydrogen-bond donors (Lipinski definition) is 6. The molecule has 1 saturated heterocycles. The molecule has 0 saturated carbocycles. The number of methoxy groups -OCH3 is 1. The third-order valence-corrected chi connectivity index (χ3v) is 10.4. The van der Waals surface area contributed by atoms with Gasteiger partial charge in [-0.25, -0.2) is 0 Å². The van der Waals surface area contributed by atoms with Gasteiger partial charge >= 0.3 is 0 Å². The van der Waals surface area contributed by atoms with Crippen molar-refractivity contribution in [3.05, 3.63) is 62.9 Å². The van der Waals surface area contributed by atoms with E-state index in [1.165, 1.54) is 31.4 Å². The number of carbonyl (C=O) groups excluding carboxylic acids is 1. The molecule has 15 nitrogen and oxygen atoms in total. The zero-order valence-electron chi connectivity index (χ0n) is 25.5. The van der Waals surface area contributed by atoms with Crippen molar-refractivity contribution in [3.63, 3.8) is 0 Å². The molecule has 3 aromatic rings. The van der Waals surface area contributed by atoms with Gasteiger partial charge in [0.1, 0.15) is 11.5 Å². The lowest BCUT2D eigenvalue weighted by atomic mass is 10.0. The van der Waals surface area contributed by atoms with Crippen LogP contribution in [0.5, 0.6) is 11.5 Å². The number of ether oxygens (including phenoxy) is 1. The number of aromatic hydroxyl groups is 1. The van der Waals surface area contributed by atoms with Gasteiger partial charge in [0, 0.05) is 36.2 Å². The molecule has 1 fully saturated rings. The average molecular weight is 717 g/mol. The predicted molar refractivity (Wildman–Crippen MR) is 175 cm³/mol. The predicted octanol–water partition coefficient (Wildman–Crippen LogP) is 1.49. The van der Waals surface area contributed by atoms with E-state index in [1.807, 2.05) is 0 Å². The number of H-pyrrole nitrogens is 1. The van der Waals surface area contributed by atoms with Gasteiger partial charge < -0.3 is 35.9 Å². The lowest BCUT2D eigenvalue weighted by molar-refractivity contribution is -0.116. The first kappa shape index (κ1) is 36.5. The Hall–Kier alpha value is -3.29. The summed E-state index contributed by atoms with van der Waals surface area (Å²) in [5, 5.41) is 30.3. The molecule has 1 aliphatic heterocycles. The number of nitrogens with one attached hydrogen (secondary N) is 4. The summed E-state index contributed by atoms with van der Waals surface area (Å²) in [6.07, 6.45) is -0.848. The zero-order valence-corrected chi connectivity index (χ0v) is 27.8. The van der Waals surface area contributed by atoms with Crippen molar-refractivity contribution in [2.45, 2.75) is 38.0 Å². The Labute approximate surface area is 276 Å². The summed E-state index contributed by atoms with van der Waals surface area (Å²) in [4.78, 5) is 26.7. The molecule has 0 spiro atoms. The van der Waals surface area contributed by atoms with E-state index >= 15 is 0 Å². The van der Waals surface area contributed by atoms with Gasteiger partial charge in [0.05, 0.1) is 60.1 Å². The normalized spacial score (nSPS) is 15.0. The van der Waals surface area contributed by atoms with Crippen LogP contribution in [-0.4, -0.2) is 88.9 Å². The van der Waals surface area contributed by atoms with E-state index in [4.69, 9.17) is 24.7 Å². The fraction of sp³-hybridized carbons (Fsp3) is 0.448. The number of aromatic nitrogens is 1. The van der Waals surface area contributed by atoms with Gasteiger partial charge in [0.25, 0.3) is 20.2 Å². The summed E-state index contributed by atoms with van der Waals surface area (Å²) < 4.78 is 64.1. The van der Waals surface area contributed by atoms with Crippen LogP contribution < -0.4 is 26.2 Å². The average Bonchev–Trinajstić information content (AvgIpc) is 3.02. The second-order valence-corrected chi connectivity index (χ2v) is 14.6. The molecule has 18 heteroatoms. The number of piperidine rings is 1. The van der Waals surface area contributed by atoms with Gasteiger partial charge in [-0.3, -0.25) is 18.0 Å².